The van der Waals surface area contributed by atoms with Crippen molar-refractivity contribution in [1.29, 1.82) is 0 Å². The maximum absolute atomic E-state index is 13.9. The lowest BCUT2D eigenvalue weighted by molar-refractivity contribution is 0.115. The van der Waals surface area contributed by atoms with E-state index in [0.29, 0.717) is 0 Å². The van der Waals surface area contributed by atoms with Crippen molar-refractivity contribution in [1.82, 2.24) is 10.2 Å². The van der Waals surface area contributed by atoms with Crippen molar-refractivity contribution in [3.8, 4) is 0 Å². The van der Waals surface area contributed by atoms with Crippen LogP contribution in [0.4, 0.5) is 4.39 Å². The predicted octanol–water partition coefficient (Wildman–Crippen LogP) is 2.82. The Morgan fingerprint density at radius 2 is 1.94 bits per heavy atom. The van der Waals surface area contributed by atoms with Crippen LogP contribution in [0.5, 0.6) is 0 Å². The Morgan fingerprint density at radius 3 is 2.35 bits per heavy atom. The molecule has 3 heteroatoms. The lowest BCUT2D eigenvalue weighted by Gasteiger charge is -2.43. The summed E-state index contributed by atoms with van der Waals surface area (Å²) < 4.78 is 13.9. The number of halogens is 1. The zero-order valence-corrected chi connectivity index (χ0v) is 11.4. The van der Waals surface area contributed by atoms with Crippen molar-refractivity contribution in [2.45, 2.75) is 31.8 Å². The number of likely N-dealkylation sites (N-methyl/N-ethyl adjacent to an activating group) is 2. The van der Waals surface area contributed by atoms with Crippen LogP contribution in [0, 0.1) is 5.82 Å². The van der Waals surface area contributed by atoms with Crippen LogP contribution in [0.15, 0.2) is 24.3 Å². The molecule has 96 valence electrons. The molecule has 2 nitrogen and oxygen atoms in total. The molecule has 0 saturated heterocycles. The molecule has 0 amide bonds. The molecule has 0 aliphatic carbocycles. The molecular weight excluding hydrogens is 215 g/mol. The maximum Gasteiger partial charge on any atom is 0.128 e. The van der Waals surface area contributed by atoms with Gasteiger partial charge in [-0.1, -0.05) is 25.1 Å². The summed E-state index contributed by atoms with van der Waals surface area (Å²) in [5.41, 5.74) is 0.616. The Labute approximate surface area is 104 Å². The van der Waals surface area contributed by atoms with Gasteiger partial charge in [-0.15, -0.1) is 0 Å². The Morgan fingerprint density at radius 1 is 1.35 bits per heavy atom. The molecule has 1 aromatic rings. The first-order valence-electron chi connectivity index (χ1n) is 6.06. The second kappa shape index (κ2) is 5.61. The minimum absolute atomic E-state index is 0.0244. The molecule has 0 aliphatic heterocycles. The van der Waals surface area contributed by atoms with Crippen LogP contribution in [-0.4, -0.2) is 31.6 Å². The smallest absolute Gasteiger partial charge is 0.128 e. The molecule has 0 bridgehead atoms. The summed E-state index contributed by atoms with van der Waals surface area (Å²) in [6, 6.07) is 6.96. The third kappa shape index (κ3) is 2.67. The monoisotopic (exact) mass is 238 g/mol. The molecule has 2 unspecified atom stereocenters. The van der Waals surface area contributed by atoms with Crippen LogP contribution >= 0.6 is 0 Å². The average molecular weight is 238 g/mol. The summed E-state index contributed by atoms with van der Waals surface area (Å²) in [6.45, 7) is 4.28. The van der Waals surface area contributed by atoms with Crippen LogP contribution in [0.2, 0.25) is 0 Å². The highest BCUT2D eigenvalue weighted by atomic mass is 19.1. The minimum atomic E-state index is -0.145. The molecule has 1 aromatic carbocycles. The van der Waals surface area contributed by atoms with Crippen molar-refractivity contribution < 1.29 is 4.39 Å². The van der Waals surface area contributed by atoms with E-state index in [1.165, 1.54) is 6.07 Å². The molecule has 17 heavy (non-hydrogen) atoms. The van der Waals surface area contributed by atoms with E-state index in [9.17, 15) is 4.39 Å². The van der Waals surface area contributed by atoms with Crippen LogP contribution in [0.25, 0.3) is 0 Å². The fraction of sp³-hybridized carbons (Fsp3) is 0.571. The summed E-state index contributed by atoms with van der Waals surface area (Å²) >= 11 is 0. The first kappa shape index (κ1) is 14.1. The second-order valence-electron chi connectivity index (χ2n) is 4.85. The van der Waals surface area contributed by atoms with Crippen LogP contribution in [0.3, 0.4) is 0 Å². The van der Waals surface area contributed by atoms with Crippen molar-refractivity contribution in [2.24, 2.45) is 0 Å². The number of benzene rings is 1. The van der Waals surface area contributed by atoms with Gasteiger partial charge in [0.15, 0.2) is 0 Å². The molecule has 0 saturated carbocycles. The van der Waals surface area contributed by atoms with Crippen LogP contribution in [-0.2, 0) is 0 Å². The van der Waals surface area contributed by atoms with Gasteiger partial charge < -0.3 is 10.2 Å². The van der Waals surface area contributed by atoms with Gasteiger partial charge in [-0.05, 0) is 40.6 Å². The van der Waals surface area contributed by atoms with E-state index < -0.39 is 0 Å². The van der Waals surface area contributed by atoms with E-state index >= 15 is 0 Å². The fourth-order valence-electron chi connectivity index (χ4n) is 2.29. The van der Waals surface area contributed by atoms with Crippen LogP contribution < -0.4 is 5.32 Å². The highest BCUT2D eigenvalue weighted by Gasteiger charge is 2.36. The fourth-order valence-corrected chi connectivity index (χ4v) is 2.29. The van der Waals surface area contributed by atoms with Gasteiger partial charge in [0.2, 0.25) is 0 Å². The average Bonchev–Trinajstić information content (AvgIpc) is 2.31. The van der Waals surface area contributed by atoms with Crippen molar-refractivity contribution in [3.63, 3.8) is 0 Å². The maximum atomic E-state index is 13.9. The zero-order valence-electron chi connectivity index (χ0n) is 11.4. The third-order valence-corrected chi connectivity index (χ3v) is 3.86. The Kier molecular flexibility index (Phi) is 4.66. The van der Waals surface area contributed by atoms with Gasteiger partial charge in [0.25, 0.3) is 0 Å². The lowest BCUT2D eigenvalue weighted by atomic mass is 9.83. The van der Waals surface area contributed by atoms with Gasteiger partial charge in [-0.25, -0.2) is 4.39 Å². The van der Waals surface area contributed by atoms with E-state index in [2.05, 4.69) is 24.1 Å². The van der Waals surface area contributed by atoms with E-state index in [4.69, 9.17) is 0 Å². The molecule has 0 radical (unpaired) electrons. The molecule has 0 aliphatic rings. The van der Waals surface area contributed by atoms with E-state index in [0.717, 1.165) is 12.0 Å². The number of hydrogen-bond donors (Lipinski definition) is 1. The molecule has 0 fully saturated rings. The van der Waals surface area contributed by atoms with Gasteiger partial charge in [0, 0.05) is 11.1 Å². The number of hydrogen-bond acceptors (Lipinski definition) is 2. The van der Waals surface area contributed by atoms with Crippen molar-refractivity contribution in [3.05, 3.63) is 35.6 Å². The molecular formula is C14H23FN2. The van der Waals surface area contributed by atoms with Gasteiger partial charge in [-0.3, -0.25) is 0 Å². The number of rotatable bonds is 5. The van der Waals surface area contributed by atoms with E-state index in [-0.39, 0.29) is 17.4 Å². The Balaban J connectivity index is 3.19. The molecule has 2 atom stereocenters. The molecule has 1 rings (SSSR count). The van der Waals surface area contributed by atoms with Crippen LogP contribution in [0.1, 0.15) is 31.9 Å². The molecule has 1 N–H and O–H groups in total. The largest absolute Gasteiger partial charge is 0.311 e. The minimum Gasteiger partial charge on any atom is -0.311 e. The Hall–Kier alpha value is -0.930. The lowest BCUT2D eigenvalue weighted by Crippen LogP contribution is -2.50. The second-order valence-corrected chi connectivity index (χ2v) is 4.85. The first-order valence-corrected chi connectivity index (χ1v) is 6.06. The van der Waals surface area contributed by atoms with Crippen molar-refractivity contribution in [2.75, 3.05) is 21.1 Å². The predicted molar refractivity (Wildman–Crippen MR) is 70.6 cm³/mol. The van der Waals surface area contributed by atoms with Gasteiger partial charge in [0.05, 0.1) is 6.04 Å². The van der Waals surface area contributed by atoms with E-state index in [1.807, 2.05) is 33.3 Å². The zero-order chi connectivity index (χ0) is 13.1. The standard InChI is InChI=1S/C14H23FN2/c1-6-14(2,17(4)5)13(16-3)11-9-7-8-10-12(11)15/h7-10,13,16H,6H2,1-5H3. The van der Waals surface area contributed by atoms with Gasteiger partial charge >= 0.3 is 0 Å². The van der Waals surface area contributed by atoms with E-state index in [1.54, 1.807) is 6.07 Å². The normalized spacial score (nSPS) is 16.9. The SMILES string of the molecule is CCC(C)(C(NC)c1ccccc1F)N(C)C. The summed E-state index contributed by atoms with van der Waals surface area (Å²) in [5, 5.41) is 3.25. The summed E-state index contributed by atoms with van der Waals surface area (Å²) in [6.07, 6.45) is 0.944. The topological polar surface area (TPSA) is 15.3 Å². The first-order chi connectivity index (χ1) is 7.97. The van der Waals surface area contributed by atoms with Gasteiger partial charge in [0.1, 0.15) is 5.82 Å². The number of nitrogens with one attached hydrogen (secondary N) is 1. The summed E-state index contributed by atoms with van der Waals surface area (Å²) in [7, 11) is 5.96. The third-order valence-electron chi connectivity index (χ3n) is 3.86. The van der Waals surface area contributed by atoms with Gasteiger partial charge in [-0.2, -0.15) is 0 Å². The molecule has 0 heterocycles. The van der Waals surface area contributed by atoms with Crippen molar-refractivity contribution >= 4 is 0 Å². The number of nitrogens with zero attached hydrogens (tertiary/aromatic N) is 1. The quantitative estimate of drug-likeness (QED) is 0.848. The molecule has 0 aromatic heterocycles. The molecule has 0 spiro atoms. The summed E-state index contributed by atoms with van der Waals surface area (Å²) in [4.78, 5) is 2.15. The Bertz CT molecular complexity index is 365. The highest BCUT2D eigenvalue weighted by Crippen LogP contribution is 2.33. The highest BCUT2D eigenvalue weighted by molar-refractivity contribution is 5.24. The summed E-state index contributed by atoms with van der Waals surface area (Å²) in [5.74, 6) is -0.145.